The molecule has 0 aliphatic carbocycles. The van der Waals surface area contributed by atoms with Gasteiger partial charge in [0.25, 0.3) is 5.91 Å². The van der Waals surface area contributed by atoms with Crippen molar-refractivity contribution < 1.29 is 22.8 Å². The summed E-state index contributed by atoms with van der Waals surface area (Å²) in [7, 11) is 0. The number of carbonyl (C=O) groups is 2. The lowest BCUT2D eigenvalue weighted by atomic mass is 10.1. The van der Waals surface area contributed by atoms with Crippen LogP contribution in [0.4, 0.5) is 30.2 Å². The monoisotopic (exact) mass is 409 g/mol. The van der Waals surface area contributed by atoms with Crippen LogP contribution in [0.25, 0.3) is 0 Å². The van der Waals surface area contributed by atoms with Gasteiger partial charge in [-0.15, -0.1) is 0 Å². The van der Waals surface area contributed by atoms with E-state index in [2.05, 4.69) is 10.6 Å². The van der Waals surface area contributed by atoms with E-state index in [0.717, 1.165) is 43.3 Å². The van der Waals surface area contributed by atoms with E-state index in [4.69, 9.17) is 11.6 Å². The Balaban J connectivity index is 1.57. The Kier molecular flexibility index (Phi) is 4.45. The van der Waals surface area contributed by atoms with Gasteiger partial charge in [0.15, 0.2) is 0 Å². The first-order valence-electron chi connectivity index (χ1n) is 8.64. The van der Waals surface area contributed by atoms with Gasteiger partial charge in [0.05, 0.1) is 27.6 Å². The third-order valence-corrected chi connectivity index (χ3v) is 5.24. The van der Waals surface area contributed by atoms with E-state index in [9.17, 15) is 22.8 Å². The van der Waals surface area contributed by atoms with Gasteiger partial charge in [-0.05, 0) is 49.2 Å². The quantitative estimate of drug-likeness (QED) is 0.766. The topological polar surface area (TPSA) is 61.4 Å². The summed E-state index contributed by atoms with van der Waals surface area (Å²) in [5.74, 6) is -0.643. The Morgan fingerprint density at radius 3 is 2.71 bits per heavy atom. The first-order valence-corrected chi connectivity index (χ1v) is 9.01. The Labute approximate surface area is 163 Å². The third-order valence-electron chi connectivity index (χ3n) is 4.93. The molecule has 0 bridgehead atoms. The molecule has 4 rings (SSSR count). The number of amides is 2. The number of rotatable bonds is 2. The second-order valence-corrected chi connectivity index (χ2v) is 7.13. The number of benzene rings is 2. The molecule has 0 radical (unpaired) electrons. The van der Waals surface area contributed by atoms with E-state index in [1.165, 1.54) is 0 Å². The molecule has 1 atom stereocenters. The lowest BCUT2D eigenvalue weighted by Gasteiger charge is -2.33. The second-order valence-electron chi connectivity index (χ2n) is 6.72. The van der Waals surface area contributed by atoms with Crippen LogP contribution in [0.15, 0.2) is 36.4 Å². The lowest BCUT2D eigenvalue weighted by Crippen LogP contribution is -2.43. The fraction of sp³-hybridized carbons (Fsp3) is 0.263. The Hall–Kier alpha value is -2.74. The Morgan fingerprint density at radius 2 is 2.00 bits per heavy atom. The fourth-order valence-electron chi connectivity index (χ4n) is 3.56. The maximum atomic E-state index is 12.7. The van der Waals surface area contributed by atoms with Crippen molar-refractivity contribution >= 4 is 40.5 Å². The molecule has 1 fully saturated rings. The number of halogens is 4. The average Bonchev–Trinajstić information content (AvgIpc) is 3.13. The van der Waals surface area contributed by atoms with E-state index in [0.29, 0.717) is 5.69 Å². The van der Waals surface area contributed by atoms with Gasteiger partial charge in [-0.25, -0.2) is 0 Å². The minimum Gasteiger partial charge on any atom is -0.358 e. The zero-order valence-electron chi connectivity index (χ0n) is 14.4. The summed E-state index contributed by atoms with van der Waals surface area (Å²) in [6.07, 6.45) is -2.80. The highest BCUT2D eigenvalue weighted by Crippen LogP contribution is 2.38. The summed E-state index contributed by atoms with van der Waals surface area (Å²) in [5.41, 5.74) is 0.821. The van der Waals surface area contributed by atoms with Crippen molar-refractivity contribution in [2.45, 2.75) is 25.1 Å². The first-order chi connectivity index (χ1) is 13.2. The molecule has 9 heteroatoms. The highest BCUT2D eigenvalue weighted by molar-refractivity contribution is 6.34. The van der Waals surface area contributed by atoms with Crippen molar-refractivity contribution in [2.75, 3.05) is 22.1 Å². The van der Waals surface area contributed by atoms with Crippen LogP contribution in [0.2, 0.25) is 5.02 Å². The van der Waals surface area contributed by atoms with Gasteiger partial charge in [-0.2, -0.15) is 13.2 Å². The molecule has 2 heterocycles. The van der Waals surface area contributed by atoms with Crippen LogP contribution in [0, 0.1) is 0 Å². The summed E-state index contributed by atoms with van der Waals surface area (Å²) in [6, 6.07) is 7.46. The summed E-state index contributed by atoms with van der Waals surface area (Å²) < 4.78 is 38.2. The molecular weight excluding hydrogens is 395 g/mol. The van der Waals surface area contributed by atoms with E-state index < -0.39 is 17.6 Å². The van der Waals surface area contributed by atoms with Crippen LogP contribution < -0.4 is 15.5 Å². The van der Waals surface area contributed by atoms with Crippen LogP contribution in [0.5, 0.6) is 0 Å². The van der Waals surface area contributed by atoms with Crippen LogP contribution in [-0.2, 0) is 11.0 Å². The van der Waals surface area contributed by atoms with Crippen molar-refractivity contribution in [3.63, 3.8) is 0 Å². The van der Waals surface area contributed by atoms with Gasteiger partial charge in [0, 0.05) is 12.1 Å². The standard InChI is InChI=1S/C19H15ClF3N3O2/c20-12-9-11(19(21,22)23)4-5-13(12)24-17(27)10-3-6-15-14(8-10)25-18(28)16-2-1-7-26(15)16/h3-6,8-9,16H,1-2,7H2,(H,24,27)(H,25,28)/t16-/m1/s1. The molecule has 146 valence electrons. The zero-order chi connectivity index (χ0) is 20.1. The molecule has 0 aromatic heterocycles. The third kappa shape index (κ3) is 3.28. The number of hydrogen-bond donors (Lipinski definition) is 2. The number of carbonyl (C=O) groups excluding carboxylic acids is 2. The van der Waals surface area contributed by atoms with Crippen LogP contribution in [0.1, 0.15) is 28.8 Å². The molecule has 1 saturated heterocycles. The molecule has 0 spiro atoms. The van der Waals surface area contributed by atoms with Crippen molar-refractivity contribution in [3.8, 4) is 0 Å². The Morgan fingerprint density at radius 1 is 1.21 bits per heavy atom. The van der Waals surface area contributed by atoms with Crippen LogP contribution in [-0.4, -0.2) is 24.4 Å². The molecule has 2 amide bonds. The number of fused-ring (bicyclic) bond motifs is 3. The molecule has 0 unspecified atom stereocenters. The number of alkyl halides is 3. The zero-order valence-corrected chi connectivity index (χ0v) is 15.2. The minimum absolute atomic E-state index is 0.0704. The second kappa shape index (κ2) is 6.70. The largest absolute Gasteiger partial charge is 0.416 e. The Bertz CT molecular complexity index is 977. The van der Waals surface area contributed by atoms with E-state index in [1.54, 1.807) is 18.2 Å². The normalized spacial score (nSPS) is 18.4. The van der Waals surface area contributed by atoms with Gasteiger partial charge in [-0.3, -0.25) is 9.59 Å². The summed E-state index contributed by atoms with van der Waals surface area (Å²) >= 11 is 5.88. The molecule has 5 nitrogen and oxygen atoms in total. The fourth-order valence-corrected chi connectivity index (χ4v) is 3.79. The minimum atomic E-state index is -4.52. The smallest absolute Gasteiger partial charge is 0.358 e. The van der Waals surface area contributed by atoms with Crippen molar-refractivity contribution in [1.29, 1.82) is 0 Å². The van der Waals surface area contributed by atoms with Gasteiger partial charge in [-0.1, -0.05) is 11.6 Å². The predicted molar refractivity (Wildman–Crippen MR) is 99.8 cm³/mol. The molecular formula is C19H15ClF3N3O2. The maximum absolute atomic E-state index is 12.7. The maximum Gasteiger partial charge on any atom is 0.416 e. The molecule has 2 aliphatic rings. The average molecular weight is 410 g/mol. The first kappa shape index (κ1) is 18.6. The van der Waals surface area contributed by atoms with Gasteiger partial charge >= 0.3 is 6.18 Å². The van der Waals surface area contributed by atoms with Crippen molar-refractivity contribution in [1.82, 2.24) is 0 Å². The predicted octanol–water partition coefficient (Wildman–Crippen LogP) is 4.53. The highest BCUT2D eigenvalue weighted by Gasteiger charge is 2.36. The van der Waals surface area contributed by atoms with Crippen LogP contribution in [0.3, 0.4) is 0 Å². The number of anilines is 3. The van der Waals surface area contributed by atoms with Gasteiger partial charge in [0.2, 0.25) is 5.91 Å². The molecule has 2 N–H and O–H groups in total. The van der Waals surface area contributed by atoms with E-state index >= 15 is 0 Å². The summed E-state index contributed by atoms with van der Waals surface area (Å²) in [6.45, 7) is 0.776. The number of hydrogen-bond acceptors (Lipinski definition) is 3. The van der Waals surface area contributed by atoms with E-state index in [-0.39, 0.29) is 28.2 Å². The summed E-state index contributed by atoms with van der Waals surface area (Å²) in [5, 5.41) is 5.11. The molecule has 28 heavy (non-hydrogen) atoms. The van der Waals surface area contributed by atoms with Gasteiger partial charge < -0.3 is 15.5 Å². The summed E-state index contributed by atoms with van der Waals surface area (Å²) in [4.78, 5) is 26.7. The molecule has 2 aromatic rings. The van der Waals surface area contributed by atoms with Gasteiger partial charge in [0.1, 0.15) is 6.04 Å². The number of nitrogens with zero attached hydrogens (tertiary/aromatic N) is 1. The highest BCUT2D eigenvalue weighted by atomic mass is 35.5. The molecule has 2 aromatic carbocycles. The molecule has 2 aliphatic heterocycles. The SMILES string of the molecule is O=C(Nc1ccc(C(F)(F)F)cc1Cl)c1ccc2c(c1)NC(=O)[C@H]1CCCN21. The lowest BCUT2D eigenvalue weighted by molar-refractivity contribution is -0.137. The number of nitrogens with one attached hydrogen (secondary N) is 2. The van der Waals surface area contributed by atoms with Crippen molar-refractivity contribution in [2.24, 2.45) is 0 Å². The van der Waals surface area contributed by atoms with Crippen LogP contribution >= 0.6 is 11.6 Å². The van der Waals surface area contributed by atoms with Crippen molar-refractivity contribution in [3.05, 3.63) is 52.5 Å². The van der Waals surface area contributed by atoms with E-state index in [1.807, 2.05) is 4.90 Å². The molecule has 0 saturated carbocycles.